The predicted molar refractivity (Wildman–Crippen MR) is 116 cm³/mol. The van der Waals surface area contributed by atoms with Crippen LogP contribution in [0.3, 0.4) is 0 Å². The molecule has 1 unspecified atom stereocenters. The van der Waals surface area contributed by atoms with Gasteiger partial charge in [0.05, 0.1) is 19.8 Å². The van der Waals surface area contributed by atoms with Crippen molar-refractivity contribution in [2.45, 2.75) is 26.3 Å². The molecule has 2 rings (SSSR count). The highest BCUT2D eigenvalue weighted by Gasteiger charge is 2.15. The van der Waals surface area contributed by atoms with E-state index in [-0.39, 0.29) is 24.0 Å². The zero-order valence-corrected chi connectivity index (χ0v) is 18.2. The maximum atomic E-state index is 5.71. The number of para-hydroxylation sites is 1. The molecule has 0 radical (unpaired) electrons. The van der Waals surface area contributed by atoms with E-state index in [1.807, 2.05) is 25.1 Å². The fraction of sp³-hybridized carbons (Fsp3) is 0.632. The molecule has 1 saturated heterocycles. The number of halogens is 1. The minimum atomic E-state index is 0. The SMILES string of the molecule is CCOc1ccccc1CNC(=NC)NCCCOCC1CCOC1.I. The Morgan fingerprint density at radius 2 is 2.15 bits per heavy atom. The lowest BCUT2D eigenvalue weighted by Crippen LogP contribution is -2.37. The van der Waals surface area contributed by atoms with Crippen LogP contribution in [0.5, 0.6) is 5.75 Å². The second-order valence-corrected chi connectivity index (χ2v) is 6.05. The first-order chi connectivity index (χ1) is 12.3. The number of ether oxygens (including phenoxy) is 3. The number of rotatable bonds is 10. The van der Waals surface area contributed by atoms with Crippen LogP contribution in [-0.2, 0) is 16.0 Å². The maximum absolute atomic E-state index is 5.71. The van der Waals surface area contributed by atoms with E-state index in [0.717, 1.165) is 63.1 Å². The molecule has 0 bridgehead atoms. The first-order valence-electron chi connectivity index (χ1n) is 9.14. The molecule has 26 heavy (non-hydrogen) atoms. The molecule has 1 atom stereocenters. The Bertz CT molecular complexity index is 523. The van der Waals surface area contributed by atoms with Crippen molar-refractivity contribution in [3.63, 3.8) is 0 Å². The van der Waals surface area contributed by atoms with E-state index in [0.29, 0.717) is 19.1 Å². The number of guanidine groups is 1. The fourth-order valence-corrected chi connectivity index (χ4v) is 2.69. The third kappa shape index (κ3) is 8.55. The van der Waals surface area contributed by atoms with Crippen molar-refractivity contribution in [1.82, 2.24) is 10.6 Å². The molecule has 1 heterocycles. The summed E-state index contributed by atoms with van der Waals surface area (Å²) >= 11 is 0. The van der Waals surface area contributed by atoms with E-state index in [1.165, 1.54) is 0 Å². The lowest BCUT2D eigenvalue weighted by Gasteiger charge is -2.14. The van der Waals surface area contributed by atoms with Crippen molar-refractivity contribution in [3.05, 3.63) is 29.8 Å². The summed E-state index contributed by atoms with van der Waals surface area (Å²) in [5, 5.41) is 6.63. The van der Waals surface area contributed by atoms with Crippen molar-refractivity contribution in [2.24, 2.45) is 10.9 Å². The summed E-state index contributed by atoms with van der Waals surface area (Å²) in [7, 11) is 1.78. The van der Waals surface area contributed by atoms with Crippen LogP contribution in [0.25, 0.3) is 0 Å². The summed E-state index contributed by atoms with van der Waals surface area (Å²) in [4.78, 5) is 4.26. The predicted octanol–water partition coefficient (Wildman–Crippen LogP) is 2.81. The first-order valence-corrected chi connectivity index (χ1v) is 9.14. The Morgan fingerprint density at radius 1 is 1.31 bits per heavy atom. The zero-order chi connectivity index (χ0) is 17.7. The molecule has 148 valence electrons. The molecule has 1 aliphatic heterocycles. The lowest BCUT2D eigenvalue weighted by atomic mass is 10.1. The van der Waals surface area contributed by atoms with E-state index < -0.39 is 0 Å². The lowest BCUT2D eigenvalue weighted by molar-refractivity contribution is 0.0888. The van der Waals surface area contributed by atoms with Crippen molar-refractivity contribution in [2.75, 3.05) is 46.6 Å². The van der Waals surface area contributed by atoms with Crippen LogP contribution in [0.1, 0.15) is 25.3 Å². The third-order valence-electron chi connectivity index (χ3n) is 4.08. The molecule has 0 aromatic heterocycles. The van der Waals surface area contributed by atoms with E-state index in [1.54, 1.807) is 7.05 Å². The number of nitrogens with zero attached hydrogens (tertiary/aromatic N) is 1. The van der Waals surface area contributed by atoms with Gasteiger partial charge >= 0.3 is 0 Å². The van der Waals surface area contributed by atoms with Crippen LogP contribution in [0.15, 0.2) is 29.3 Å². The highest BCUT2D eigenvalue weighted by molar-refractivity contribution is 14.0. The van der Waals surface area contributed by atoms with Crippen molar-refractivity contribution in [3.8, 4) is 5.75 Å². The summed E-state index contributed by atoms with van der Waals surface area (Å²) in [6.45, 7) is 7.45. The smallest absolute Gasteiger partial charge is 0.191 e. The van der Waals surface area contributed by atoms with Gasteiger partial charge in [0, 0.05) is 44.8 Å². The highest BCUT2D eigenvalue weighted by atomic mass is 127. The van der Waals surface area contributed by atoms with Gasteiger partial charge in [0.1, 0.15) is 5.75 Å². The second kappa shape index (κ2) is 14.1. The van der Waals surface area contributed by atoms with Gasteiger partial charge in [-0.25, -0.2) is 0 Å². The van der Waals surface area contributed by atoms with Crippen molar-refractivity contribution >= 4 is 29.9 Å². The number of hydrogen-bond acceptors (Lipinski definition) is 4. The van der Waals surface area contributed by atoms with E-state index >= 15 is 0 Å². The van der Waals surface area contributed by atoms with Crippen LogP contribution in [0.4, 0.5) is 0 Å². The van der Waals surface area contributed by atoms with Crippen LogP contribution >= 0.6 is 24.0 Å². The maximum Gasteiger partial charge on any atom is 0.191 e. The van der Waals surface area contributed by atoms with E-state index in [4.69, 9.17) is 14.2 Å². The van der Waals surface area contributed by atoms with Gasteiger partial charge in [-0.2, -0.15) is 0 Å². The van der Waals surface area contributed by atoms with E-state index in [2.05, 4.69) is 21.7 Å². The number of hydrogen-bond donors (Lipinski definition) is 2. The standard InChI is InChI=1S/C19H31N3O3.HI/c1-3-25-18-8-5-4-7-17(18)13-22-19(20-2)21-10-6-11-23-14-16-9-12-24-15-16;/h4-5,7-8,16H,3,6,9-15H2,1-2H3,(H2,20,21,22);1H. The molecule has 0 amide bonds. The van der Waals surface area contributed by atoms with Gasteiger partial charge in [0.25, 0.3) is 0 Å². The Labute approximate surface area is 174 Å². The van der Waals surface area contributed by atoms with Gasteiger partial charge in [0.2, 0.25) is 0 Å². The Balaban J connectivity index is 0.00000338. The Morgan fingerprint density at radius 3 is 2.88 bits per heavy atom. The van der Waals surface area contributed by atoms with E-state index in [9.17, 15) is 0 Å². The Kier molecular flexibility index (Phi) is 12.4. The molecule has 0 aliphatic carbocycles. The van der Waals surface area contributed by atoms with Crippen LogP contribution in [-0.4, -0.2) is 52.6 Å². The fourth-order valence-electron chi connectivity index (χ4n) is 2.69. The van der Waals surface area contributed by atoms with Gasteiger partial charge in [-0.15, -0.1) is 24.0 Å². The average molecular weight is 477 g/mol. The summed E-state index contributed by atoms with van der Waals surface area (Å²) in [6.07, 6.45) is 2.07. The Hall–Kier alpha value is -1.06. The normalized spacial score (nSPS) is 16.8. The molecule has 7 heteroatoms. The third-order valence-corrected chi connectivity index (χ3v) is 4.08. The molecular formula is C19H32IN3O3. The van der Waals surface area contributed by atoms with Crippen molar-refractivity contribution < 1.29 is 14.2 Å². The topological polar surface area (TPSA) is 64.1 Å². The molecule has 1 aromatic rings. The van der Waals surface area contributed by atoms with Gasteiger partial charge in [-0.3, -0.25) is 4.99 Å². The van der Waals surface area contributed by atoms with Crippen LogP contribution in [0, 0.1) is 5.92 Å². The molecule has 0 spiro atoms. The van der Waals surface area contributed by atoms with Gasteiger partial charge in [-0.05, 0) is 25.8 Å². The zero-order valence-electron chi connectivity index (χ0n) is 15.8. The van der Waals surface area contributed by atoms with Crippen LogP contribution in [0.2, 0.25) is 0 Å². The molecule has 2 N–H and O–H groups in total. The summed E-state index contributed by atoms with van der Waals surface area (Å²) in [6, 6.07) is 8.05. The molecular weight excluding hydrogens is 445 g/mol. The second-order valence-electron chi connectivity index (χ2n) is 6.05. The minimum Gasteiger partial charge on any atom is -0.494 e. The number of nitrogens with one attached hydrogen (secondary N) is 2. The highest BCUT2D eigenvalue weighted by Crippen LogP contribution is 2.17. The molecule has 6 nitrogen and oxygen atoms in total. The average Bonchev–Trinajstić information content (AvgIpc) is 3.15. The monoisotopic (exact) mass is 477 g/mol. The van der Waals surface area contributed by atoms with Gasteiger partial charge in [-0.1, -0.05) is 18.2 Å². The number of aliphatic imine (C=N–C) groups is 1. The first kappa shape index (κ1) is 23.0. The molecule has 0 saturated carbocycles. The molecule has 1 aromatic carbocycles. The summed E-state index contributed by atoms with van der Waals surface area (Å²) in [5.41, 5.74) is 1.12. The largest absolute Gasteiger partial charge is 0.494 e. The summed E-state index contributed by atoms with van der Waals surface area (Å²) < 4.78 is 16.7. The summed E-state index contributed by atoms with van der Waals surface area (Å²) in [5.74, 6) is 2.28. The van der Waals surface area contributed by atoms with Gasteiger partial charge in [0.15, 0.2) is 5.96 Å². The number of benzene rings is 1. The quantitative estimate of drug-likeness (QED) is 0.235. The van der Waals surface area contributed by atoms with Gasteiger partial charge < -0.3 is 24.8 Å². The molecule has 1 fully saturated rings. The van der Waals surface area contributed by atoms with Crippen molar-refractivity contribution in [1.29, 1.82) is 0 Å². The molecule has 1 aliphatic rings. The van der Waals surface area contributed by atoms with Crippen LogP contribution < -0.4 is 15.4 Å². The minimum absolute atomic E-state index is 0.